The van der Waals surface area contributed by atoms with Gasteiger partial charge >= 0.3 is 0 Å². The van der Waals surface area contributed by atoms with E-state index in [0.717, 1.165) is 30.1 Å². The van der Waals surface area contributed by atoms with Gasteiger partial charge in [0.15, 0.2) is 0 Å². The summed E-state index contributed by atoms with van der Waals surface area (Å²) in [5, 5.41) is 0. The Bertz CT molecular complexity index is 626. The van der Waals surface area contributed by atoms with Gasteiger partial charge in [-0.15, -0.1) is 0 Å². The topological polar surface area (TPSA) is 57.7 Å². The van der Waals surface area contributed by atoms with Gasteiger partial charge in [0.1, 0.15) is 0 Å². The molecule has 0 saturated carbocycles. The van der Waals surface area contributed by atoms with E-state index in [9.17, 15) is 13.2 Å². The van der Waals surface area contributed by atoms with Crippen LogP contribution in [0, 0.1) is 0 Å². The van der Waals surface area contributed by atoms with Gasteiger partial charge in [-0.25, -0.2) is 12.7 Å². The number of hydrogen-bond acceptors (Lipinski definition) is 3. The van der Waals surface area contributed by atoms with Crippen LogP contribution in [-0.4, -0.2) is 50.2 Å². The summed E-state index contributed by atoms with van der Waals surface area (Å²) in [6, 6.07) is 6.57. The van der Waals surface area contributed by atoms with Crippen molar-refractivity contribution in [1.29, 1.82) is 0 Å². The molecule has 1 aromatic carbocycles. The third-order valence-corrected chi connectivity index (χ3v) is 5.78. The van der Waals surface area contributed by atoms with Crippen molar-refractivity contribution in [2.24, 2.45) is 0 Å². The summed E-state index contributed by atoms with van der Waals surface area (Å²) in [4.78, 5) is 14.6. The van der Waals surface area contributed by atoms with Gasteiger partial charge < -0.3 is 4.90 Å². The number of benzene rings is 1. The third-order valence-electron chi connectivity index (χ3n) is 3.97. The molecule has 1 heterocycles. The minimum atomic E-state index is -3.51. The molecule has 0 bridgehead atoms. The van der Waals surface area contributed by atoms with Crippen molar-refractivity contribution >= 4 is 15.9 Å². The maximum Gasteiger partial charge on any atom is 0.254 e. The molecule has 1 aromatic rings. The molecule has 0 aromatic heterocycles. The summed E-state index contributed by atoms with van der Waals surface area (Å²) in [6.07, 6.45) is 2.97. The van der Waals surface area contributed by atoms with Crippen LogP contribution in [0.15, 0.2) is 29.2 Å². The molecule has 21 heavy (non-hydrogen) atoms. The van der Waals surface area contributed by atoms with Gasteiger partial charge in [0.25, 0.3) is 5.91 Å². The molecule has 1 aliphatic rings. The molecule has 1 unspecified atom stereocenters. The van der Waals surface area contributed by atoms with Crippen LogP contribution in [0.4, 0.5) is 0 Å². The predicted octanol–water partition coefficient (Wildman–Crippen LogP) is 1.95. The van der Waals surface area contributed by atoms with E-state index in [1.54, 1.807) is 12.1 Å². The van der Waals surface area contributed by atoms with Crippen LogP contribution in [0.1, 0.15) is 36.5 Å². The average Bonchev–Trinajstić information content (AvgIpc) is 2.94. The van der Waals surface area contributed by atoms with Crippen molar-refractivity contribution in [1.82, 2.24) is 9.21 Å². The zero-order valence-corrected chi connectivity index (χ0v) is 13.6. The summed E-state index contributed by atoms with van der Waals surface area (Å²) in [7, 11) is -0.546. The Morgan fingerprint density at radius 2 is 2.10 bits per heavy atom. The lowest BCUT2D eigenvalue weighted by molar-refractivity contribution is 0.0733. The molecule has 0 spiro atoms. The first kappa shape index (κ1) is 16.0. The van der Waals surface area contributed by atoms with Crippen LogP contribution >= 0.6 is 0 Å². The minimum Gasteiger partial charge on any atom is -0.336 e. The predicted molar refractivity (Wildman–Crippen MR) is 81.7 cm³/mol. The summed E-state index contributed by atoms with van der Waals surface area (Å²) in [5.74, 6) is -0.0739. The zero-order chi connectivity index (χ0) is 15.6. The van der Waals surface area contributed by atoms with E-state index >= 15 is 0 Å². The van der Waals surface area contributed by atoms with Gasteiger partial charge in [0.2, 0.25) is 10.0 Å². The maximum absolute atomic E-state index is 12.6. The molecule has 1 saturated heterocycles. The first-order valence-corrected chi connectivity index (χ1v) is 8.65. The van der Waals surface area contributed by atoms with E-state index in [-0.39, 0.29) is 16.8 Å². The lowest BCUT2D eigenvalue weighted by Gasteiger charge is -2.24. The van der Waals surface area contributed by atoms with E-state index < -0.39 is 10.0 Å². The lowest BCUT2D eigenvalue weighted by Crippen LogP contribution is -2.35. The highest BCUT2D eigenvalue weighted by atomic mass is 32.2. The summed E-state index contributed by atoms with van der Waals surface area (Å²) >= 11 is 0. The summed E-state index contributed by atoms with van der Waals surface area (Å²) in [6.45, 7) is 2.82. The average molecular weight is 310 g/mol. The van der Waals surface area contributed by atoms with Crippen molar-refractivity contribution in [2.75, 3.05) is 20.6 Å². The highest BCUT2D eigenvalue weighted by Gasteiger charge is 2.28. The summed E-state index contributed by atoms with van der Waals surface area (Å²) < 4.78 is 25.5. The largest absolute Gasteiger partial charge is 0.336 e. The number of carbonyl (C=O) groups excluding carboxylic acids is 1. The van der Waals surface area contributed by atoms with E-state index in [4.69, 9.17) is 0 Å². The molecule has 1 fully saturated rings. The van der Waals surface area contributed by atoms with Gasteiger partial charge in [-0.1, -0.05) is 13.0 Å². The van der Waals surface area contributed by atoms with Crippen molar-refractivity contribution < 1.29 is 13.2 Å². The van der Waals surface area contributed by atoms with Crippen molar-refractivity contribution in [3.05, 3.63) is 29.8 Å². The number of carbonyl (C=O) groups is 1. The molecule has 1 aliphatic heterocycles. The number of nitrogens with zero attached hydrogens (tertiary/aromatic N) is 2. The van der Waals surface area contributed by atoms with Gasteiger partial charge in [0, 0.05) is 32.2 Å². The third kappa shape index (κ3) is 3.11. The first-order chi connectivity index (χ1) is 9.87. The lowest BCUT2D eigenvalue weighted by atomic mass is 10.1. The number of rotatable bonds is 4. The smallest absolute Gasteiger partial charge is 0.254 e. The molecule has 0 N–H and O–H groups in total. The second-order valence-electron chi connectivity index (χ2n) is 5.52. The Kier molecular flexibility index (Phi) is 4.68. The molecule has 1 amide bonds. The molecule has 2 rings (SSSR count). The Morgan fingerprint density at radius 3 is 2.71 bits per heavy atom. The van der Waals surface area contributed by atoms with Crippen molar-refractivity contribution in [2.45, 2.75) is 37.1 Å². The second-order valence-corrected chi connectivity index (χ2v) is 7.67. The van der Waals surface area contributed by atoms with E-state index in [2.05, 4.69) is 6.92 Å². The van der Waals surface area contributed by atoms with E-state index in [0.29, 0.717) is 5.56 Å². The van der Waals surface area contributed by atoms with Crippen LogP contribution in [0.3, 0.4) is 0 Å². The number of amides is 1. The molecule has 5 nitrogen and oxygen atoms in total. The Hall–Kier alpha value is -1.40. The number of sulfonamides is 1. The maximum atomic E-state index is 12.6. The molecular formula is C15H22N2O3S. The fraction of sp³-hybridized carbons (Fsp3) is 0.533. The van der Waals surface area contributed by atoms with Crippen LogP contribution in [0.2, 0.25) is 0 Å². The van der Waals surface area contributed by atoms with Gasteiger partial charge in [-0.3, -0.25) is 4.79 Å². The van der Waals surface area contributed by atoms with Gasteiger partial charge in [-0.05, 0) is 37.5 Å². The molecular weight excluding hydrogens is 288 g/mol. The molecule has 0 aliphatic carbocycles. The Morgan fingerprint density at radius 1 is 1.38 bits per heavy atom. The molecule has 0 radical (unpaired) electrons. The SMILES string of the molecule is CCC1CCCN1C(=O)c1cccc(S(=O)(=O)N(C)C)c1. The number of hydrogen-bond donors (Lipinski definition) is 0. The van der Waals surface area contributed by atoms with Crippen LogP contribution in [-0.2, 0) is 10.0 Å². The van der Waals surface area contributed by atoms with Crippen LogP contribution in [0.5, 0.6) is 0 Å². The Labute approximate surface area is 126 Å². The fourth-order valence-electron chi connectivity index (χ4n) is 2.69. The van der Waals surface area contributed by atoms with Gasteiger partial charge in [0.05, 0.1) is 4.90 Å². The quantitative estimate of drug-likeness (QED) is 0.854. The minimum absolute atomic E-state index is 0.0739. The Balaban J connectivity index is 2.32. The molecule has 116 valence electrons. The van der Waals surface area contributed by atoms with Crippen LogP contribution < -0.4 is 0 Å². The summed E-state index contributed by atoms with van der Waals surface area (Å²) in [5.41, 5.74) is 0.443. The highest BCUT2D eigenvalue weighted by molar-refractivity contribution is 7.89. The fourth-order valence-corrected chi connectivity index (χ4v) is 3.64. The normalized spacial score (nSPS) is 19.2. The highest BCUT2D eigenvalue weighted by Crippen LogP contribution is 2.23. The van der Waals surface area contributed by atoms with E-state index in [1.807, 2.05) is 4.90 Å². The molecule has 1 atom stereocenters. The van der Waals surface area contributed by atoms with Gasteiger partial charge in [-0.2, -0.15) is 0 Å². The van der Waals surface area contributed by atoms with E-state index in [1.165, 1.54) is 26.2 Å². The first-order valence-electron chi connectivity index (χ1n) is 7.21. The van der Waals surface area contributed by atoms with Crippen molar-refractivity contribution in [3.63, 3.8) is 0 Å². The second kappa shape index (κ2) is 6.15. The zero-order valence-electron chi connectivity index (χ0n) is 12.7. The monoisotopic (exact) mass is 310 g/mol. The molecule has 6 heteroatoms. The van der Waals surface area contributed by atoms with Crippen LogP contribution in [0.25, 0.3) is 0 Å². The van der Waals surface area contributed by atoms with Crippen molar-refractivity contribution in [3.8, 4) is 0 Å². The standard InChI is InChI=1S/C15H22N2O3S/c1-4-13-8-6-10-17(13)15(18)12-7-5-9-14(11-12)21(19,20)16(2)3/h5,7,9,11,13H,4,6,8,10H2,1-3H3. The number of likely N-dealkylation sites (tertiary alicyclic amines) is 1.